The molecule has 12 nitrogen and oxygen atoms in total. The molecular weight excluding hydrogens is 392 g/mol. The summed E-state index contributed by atoms with van der Waals surface area (Å²) in [6.45, 7) is 0. The topological polar surface area (TPSA) is 148 Å². The number of benzene rings is 2. The molecule has 0 aliphatic carbocycles. The number of hydrogen-bond acceptors (Lipinski definition) is 8. The molecule has 150 valence electrons. The Kier molecular flexibility index (Phi) is 4.95. The first-order chi connectivity index (χ1) is 14.5. The Bertz CT molecular complexity index is 1230. The summed E-state index contributed by atoms with van der Waals surface area (Å²) in [5.74, 6) is 0. The molecule has 0 radical (unpaired) electrons. The third-order valence-corrected chi connectivity index (χ3v) is 4.39. The molecule has 12 heteroatoms. The lowest BCUT2D eigenvalue weighted by Crippen LogP contribution is -2.04. The number of rotatable bonds is 7. The van der Waals surface area contributed by atoms with E-state index < -0.39 is 9.85 Å². The third-order valence-electron chi connectivity index (χ3n) is 4.39. The van der Waals surface area contributed by atoms with Crippen LogP contribution in [0.5, 0.6) is 0 Å². The van der Waals surface area contributed by atoms with Gasteiger partial charge in [-0.05, 0) is 25.0 Å². The molecule has 0 bridgehead atoms. The molecule has 0 atom stereocenters. The van der Waals surface area contributed by atoms with Crippen molar-refractivity contribution in [3.05, 3.63) is 92.5 Å². The Morgan fingerprint density at radius 1 is 0.867 bits per heavy atom. The van der Waals surface area contributed by atoms with E-state index in [1.807, 2.05) is 0 Å². The fraction of sp³-hybridized carbons (Fsp3) is 0.111. The van der Waals surface area contributed by atoms with E-state index in [0.717, 1.165) is 5.69 Å². The number of hydrogen-bond donors (Lipinski definition) is 0. The average molecular weight is 406 g/mol. The van der Waals surface area contributed by atoms with Gasteiger partial charge in [-0.25, -0.2) is 9.36 Å². The average Bonchev–Trinajstić information content (AvgIpc) is 3.42. The number of nitro groups is 2. The van der Waals surface area contributed by atoms with Crippen LogP contribution in [0.15, 0.2) is 60.9 Å². The van der Waals surface area contributed by atoms with Crippen LogP contribution in [0.3, 0.4) is 0 Å². The minimum atomic E-state index is -0.469. The summed E-state index contributed by atoms with van der Waals surface area (Å²) in [5.41, 5.74) is 2.43. The van der Waals surface area contributed by atoms with Gasteiger partial charge in [0.15, 0.2) is 0 Å². The van der Waals surface area contributed by atoms with E-state index in [9.17, 15) is 20.2 Å². The summed E-state index contributed by atoms with van der Waals surface area (Å²) in [4.78, 5) is 21.0. The van der Waals surface area contributed by atoms with Crippen LogP contribution in [0.2, 0.25) is 0 Å². The van der Waals surface area contributed by atoms with Crippen molar-refractivity contribution in [1.82, 2.24) is 30.0 Å². The van der Waals surface area contributed by atoms with Crippen molar-refractivity contribution in [2.75, 3.05) is 0 Å². The Morgan fingerprint density at radius 2 is 1.53 bits per heavy atom. The fourth-order valence-corrected chi connectivity index (χ4v) is 2.93. The highest BCUT2D eigenvalue weighted by Crippen LogP contribution is 2.19. The lowest BCUT2D eigenvalue weighted by molar-refractivity contribution is -0.385. The first-order valence-corrected chi connectivity index (χ1v) is 8.82. The van der Waals surface area contributed by atoms with Crippen molar-refractivity contribution in [2.24, 2.45) is 0 Å². The molecule has 0 aliphatic heterocycles. The van der Waals surface area contributed by atoms with Gasteiger partial charge in [-0.15, -0.1) is 10.2 Å². The van der Waals surface area contributed by atoms with E-state index in [-0.39, 0.29) is 11.4 Å². The zero-order valence-electron chi connectivity index (χ0n) is 15.4. The first-order valence-electron chi connectivity index (χ1n) is 8.82. The molecule has 0 aliphatic rings. The number of aromatic nitrogens is 6. The maximum Gasteiger partial charge on any atom is 0.271 e. The molecule has 4 rings (SSSR count). The van der Waals surface area contributed by atoms with Crippen LogP contribution in [0.1, 0.15) is 11.4 Å². The predicted octanol–water partition coefficient (Wildman–Crippen LogP) is 2.45. The smallest absolute Gasteiger partial charge is 0.258 e. The van der Waals surface area contributed by atoms with Crippen LogP contribution in [0.25, 0.3) is 11.4 Å². The summed E-state index contributed by atoms with van der Waals surface area (Å²) in [5, 5.41) is 38.0. The van der Waals surface area contributed by atoms with Gasteiger partial charge in [-0.3, -0.25) is 20.2 Å². The van der Waals surface area contributed by atoms with Gasteiger partial charge in [-0.2, -0.15) is 0 Å². The van der Waals surface area contributed by atoms with E-state index in [2.05, 4.69) is 20.6 Å². The van der Waals surface area contributed by atoms with Crippen LogP contribution in [0.4, 0.5) is 11.4 Å². The highest BCUT2D eigenvalue weighted by Gasteiger charge is 2.13. The number of nitrogens with zero attached hydrogens (tertiary/aromatic N) is 8. The van der Waals surface area contributed by atoms with Gasteiger partial charge < -0.3 is 0 Å². The quantitative estimate of drug-likeness (QED) is 0.336. The fourth-order valence-electron chi connectivity index (χ4n) is 2.93. The predicted molar refractivity (Wildman–Crippen MR) is 103 cm³/mol. The molecule has 2 aromatic carbocycles. The molecule has 4 aromatic rings. The van der Waals surface area contributed by atoms with Gasteiger partial charge in [0.05, 0.1) is 45.0 Å². The van der Waals surface area contributed by atoms with Crippen LogP contribution in [0, 0.1) is 20.2 Å². The van der Waals surface area contributed by atoms with E-state index >= 15 is 0 Å². The van der Waals surface area contributed by atoms with Crippen molar-refractivity contribution in [1.29, 1.82) is 0 Å². The minimum absolute atomic E-state index is 0.0310. The standard InChI is InChI=1S/C18H14N8O4/c27-25(28)16-5-1-3-14(9-16)23-12-13(20-22-23)7-8-18-11-19-21-24(18)15-4-2-6-17(10-15)26(29)30/h1-6,9-12H,7-8H2. The molecule has 2 aromatic heterocycles. The Morgan fingerprint density at radius 3 is 2.23 bits per heavy atom. The second-order valence-electron chi connectivity index (χ2n) is 6.35. The highest BCUT2D eigenvalue weighted by molar-refractivity contribution is 5.44. The second-order valence-corrected chi connectivity index (χ2v) is 6.35. The second kappa shape index (κ2) is 7.87. The minimum Gasteiger partial charge on any atom is -0.258 e. The zero-order valence-corrected chi connectivity index (χ0v) is 15.4. The lowest BCUT2D eigenvalue weighted by atomic mass is 10.2. The van der Waals surface area contributed by atoms with Crippen molar-refractivity contribution in [2.45, 2.75) is 12.8 Å². The van der Waals surface area contributed by atoms with E-state index in [0.29, 0.717) is 29.9 Å². The van der Waals surface area contributed by atoms with Crippen LogP contribution in [-0.4, -0.2) is 39.8 Å². The third kappa shape index (κ3) is 3.87. The molecule has 0 spiro atoms. The van der Waals surface area contributed by atoms with Gasteiger partial charge in [0, 0.05) is 24.3 Å². The van der Waals surface area contributed by atoms with E-state index in [4.69, 9.17) is 0 Å². The molecule has 0 unspecified atom stereocenters. The van der Waals surface area contributed by atoms with Gasteiger partial charge in [0.1, 0.15) is 0 Å². The lowest BCUT2D eigenvalue weighted by Gasteiger charge is -2.05. The maximum atomic E-state index is 11.0. The number of aryl methyl sites for hydroxylation is 2. The monoisotopic (exact) mass is 406 g/mol. The Hall–Kier alpha value is -4.48. The Balaban J connectivity index is 1.50. The molecule has 30 heavy (non-hydrogen) atoms. The molecule has 0 saturated heterocycles. The summed E-state index contributed by atoms with van der Waals surface area (Å²) in [7, 11) is 0. The summed E-state index contributed by atoms with van der Waals surface area (Å²) in [6.07, 6.45) is 4.31. The largest absolute Gasteiger partial charge is 0.271 e. The summed E-state index contributed by atoms with van der Waals surface area (Å²) < 4.78 is 3.01. The van der Waals surface area contributed by atoms with Crippen LogP contribution >= 0.6 is 0 Å². The number of non-ortho nitro benzene ring substituents is 2. The number of nitro benzene ring substituents is 2. The molecular formula is C18H14N8O4. The molecule has 0 N–H and O–H groups in total. The van der Waals surface area contributed by atoms with E-state index in [1.54, 1.807) is 36.7 Å². The van der Waals surface area contributed by atoms with Crippen molar-refractivity contribution in [3.63, 3.8) is 0 Å². The first kappa shape index (κ1) is 18.9. The molecule has 0 amide bonds. The maximum absolute atomic E-state index is 11.0. The highest BCUT2D eigenvalue weighted by atomic mass is 16.6. The molecule has 2 heterocycles. The molecule has 0 fully saturated rings. The van der Waals surface area contributed by atoms with Crippen molar-refractivity contribution >= 4 is 11.4 Å². The van der Waals surface area contributed by atoms with Gasteiger partial charge in [0.25, 0.3) is 11.4 Å². The van der Waals surface area contributed by atoms with Gasteiger partial charge in [0.2, 0.25) is 0 Å². The van der Waals surface area contributed by atoms with Gasteiger partial charge in [-0.1, -0.05) is 22.6 Å². The van der Waals surface area contributed by atoms with Crippen LogP contribution < -0.4 is 0 Å². The zero-order chi connectivity index (χ0) is 21.1. The SMILES string of the molecule is O=[N+]([O-])c1cccc(-n2cc(CCc3cnnn3-c3cccc([N+](=O)[O-])c3)nn2)c1. The van der Waals surface area contributed by atoms with Gasteiger partial charge >= 0.3 is 0 Å². The van der Waals surface area contributed by atoms with Crippen molar-refractivity contribution < 1.29 is 9.85 Å². The summed E-state index contributed by atoms with van der Waals surface area (Å²) >= 11 is 0. The Labute approximate surface area is 168 Å². The van der Waals surface area contributed by atoms with Crippen LogP contribution in [-0.2, 0) is 12.8 Å². The summed E-state index contributed by atoms with van der Waals surface area (Å²) in [6, 6.07) is 12.2. The molecule has 0 saturated carbocycles. The normalized spacial score (nSPS) is 10.8. The van der Waals surface area contributed by atoms with E-state index in [1.165, 1.54) is 33.6 Å². The van der Waals surface area contributed by atoms with Crippen molar-refractivity contribution in [3.8, 4) is 11.4 Å².